The van der Waals surface area contributed by atoms with Crippen molar-refractivity contribution in [2.75, 3.05) is 0 Å². The Balaban J connectivity index is 1.53. The van der Waals surface area contributed by atoms with Gasteiger partial charge in [0.1, 0.15) is 0 Å². The molecule has 3 heterocycles. The van der Waals surface area contributed by atoms with Gasteiger partial charge in [-0.2, -0.15) is 4.98 Å². The van der Waals surface area contributed by atoms with Crippen molar-refractivity contribution in [2.24, 2.45) is 7.05 Å². The maximum Gasteiger partial charge on any atom is 0.240 e. The molecule has 7 nitrogen and oxygen atoms in total. The van der Waals surface area contributed by atoms with Gasteiger partial charge in [0.15, 0.2) is 16.7 Å². The third-order valence-corrected chi connectivity index (χ3v) is 4.80. The normalized spacial score (nSPS) is 12.4. The molecule has 1 atom stereocenters. The molecule has 0 saturated heterocycles. The SMILES string of the molecule is CC(Sc1nnc(-c2ccco2)n1C)c1nc(-c2ccccc2)no1. The summed E-state index contributed by atoms with van der Waals surface area (Å²) in [7, 11) is 1.90. The number of furan rings is 1. The molecule has 0 radical (unpaired) electrons. The van der Waals surface area contributed by atoms with Crippen LogP contribution in [0.5, 0.6) is 0 Å². The first kappa shape index (κ1) is 15.6. The largest absolute Gasteiger partial charge is 0.461 e. The summed E-state index contributed by atoms with van der Waals surface area (Å²) in [6, 6.07) is 13.4. The quantitative estimate of drug-likeness (QED) is 0.502. The van der Waals surface area contributed by atoms with Gasteiger partial charge in [0.25, 0.3) is 0 Å². The van der Waals surface area contributed by atoms with E-state index in [9.17, 15) is 0 Å². The molecule has 0 aliphatic carbocycles. The van der Waals surface area contributed by atoms with Gasteiger partial charge in [-0.3, -0.25) is 0 Å². The van der Waals surface area contributed by atoms with E-state index in [4.69, 9.17) is 8.94 Å². The Morgan fingerprint density at radius 1 is 1.08 bits per heavy atom. The highest BCUT2D eigenvalue weighted by Crippen LogP contribution is 2.34. The highest BCUT2D eigenvalue weighted by Gasteiger charge is 2.21. The fourth-order valence-electron chi connectivity index (χ4n) is 2.35. The molecule has 3 aromatic heterocycles. The number of rotatable bonds is 5. The van der Waals surface area contributed by atoms with E-state index in [2.05, 4.69) is 20.3 Å². The first-order valence-corrected chi connectivity index (χ1v) is 8.59. The summed E-state index contributed by atoms with van der Waals surface area (Å²) < 4.78 is 12.7. The zero-order chi connectivity index (χ0) is 17.2. The summed E-state index contributed by atoms with van der Waals surface area (Å²) in [4.78, 5) is 4.49. The van der Waals surface area contributed by atoms with Crippen molar-refractivity contribution in [2.45, 2.75) is 17.3 Å². The van der Waals surface area contributed by atoms with Gasteiger partial charge in [0, 0.05) is 12.6 Å². The molecular weight excluding hydrogens is 338 g/mol. The maximum absolute atomic E-state index is 5.41. The van der Waals surface area contributed by atoms with Gasteiger partial charge < -0.3 is 13.5 Å². The van der Waals surface area contributed by atoms with E-state index in [0.29, 0.717) is 23.3 Å². The topological polar surface area (TPSA) is 82.8 Å². The fourth-order valence-corrected chi connectivity index (χ4v) is 3.20. The smallest absolute Gasteiger partial charge is 0.240 e. The standard InChI is InChI=1S/C17H15N5O2S/c1-11(16-18-14(21-24-16)12-7-4-3-5-8-12)25-17-20-19-15(22(17)2)13-9-6-10-23-13/h3-11H,1-2H3. The van der Waals surface area contributed by atoms with Crippen LogP contribution in [-0.4, -0.2) is 24.9 Å². The average molecular weight is 353 g/mol. The Morgan fingerprint density at radius 2 is 1.92 bits per heavy atom. The number of benzene rings is 1. The fraction of sp³-hybridized carbons (Fsp3) is 0.176. The molecular formula is C17H15N5O2S. The predicted molar refractivity (Wildman–Crippen MR) is 92.7 cm³/mol. The molecule has 126 valence electrons. The first-order chi connectivity index (χ1) is 12.2. The maximum atomic E-state index is 5.41. The van der Waals surface area contributed by atoms with Crippen molar-refractivity contribution in [3.8, 4) is 23.0 Å². The lowest BCUT2D eigenvalue weighted by molar-refractivity contribution is 0.380. The van der Waals surface area contributed by atoms with Crippen molar-refractivity contribution in [1.82, 2.24) is 24.9 Å². The van der Waals surface area contributed by atoms with Gasteiger partial charge in [0.2, 0.25) is 11.7 Å². The predicted octanol–water partition coefficient (Wildman–Crippen LogP) is 3.98. The highest BCUT2D eigenvalue weighted by atomic mass is 32.2. The third-order valence-electron chi connectivity index (χ3n) is 3.68. The van der Waals surface area contributed by atoms with Crippen LogP contribution in [0.15, 0.2) is 62.8 Å². The average Bonchev–Trinajstić information content (AvgIpc) is 3.37. The summed E-state index contributed by atoms with van der Waals surface area (Å²) in [5, 5.41) is 13.2. The Hall–Kier alpha value is -2.87. The van der Waals surface area contributed by atoms with Crippen molar-refractivity contribution in [1.29, 1.82) is 0 Å². The highest BCUT2D eigenvalue weighted by molar-refractivity contribution is 7.99. The lowest BCUT2D eigenvalue weighted by Crippen LogP contribution is -1.96. The number of nitrogens with zero attached hydrogens (tertiary/aromatic N) is 5. The minimum atomic E-state index is -0.0580. The van der Waals surface area contributed by atoms with Gasteiger partial charge in [0.05, 0.1) is 11.5 Å². The van der Waals surface area contributed by atoms with Crippen LogP contribution in [-0.2, 0) is 7.05 Å². The van der Waals surface area contributed by atoms with Crippen LogP contribution < -0.4 is 0 Å². The van der Waals surface area contributed by atoms with Crippen LogP contribution in [0.2, 0.25) is 0 Å². The van der Waals surface area contributed by atoms with Crippen LogP contribution in [0.1, 0.15) is 18.1 Å². The lowest BCUT2D eigenvalue weighted by atomic mass is 10.2. The molecule has 4 rings (SSSR count). The van der Waals surface area contributed by atoms with E-state index in [-0.39, 0.29) is 5.25 Å². The summed E-state index contributed by atoms with van der Waals surface area (Å²) in [6.45, 7) is 1.99. The zero-order valence-corrected chi connectivity index (χ0v) is 14.5. The molecule has 0 bridgehead atoms. The van der Waals surface area contributed by atoms with E-state index >= 15 is 0 Å². The van der Waals surface area contributed by atoms with E-state index in [1.807, 2.05) is 61.0 Å². The summed E-state index contributed by atoms with van der Waals surface area (Å²) >= 11 is 1.50. The molecule has 0 aliphatic rings. The number of hydrogen-bond donors (Lipinski definition) is 0. The molecule has 25 heavy (non-hydrogen) atoms. The summed E-state index contributed by atoms with van der Waals surface area (Å²) in [5.41, 5.74) is 0.925. The molecule has 0 aliphatic heterocycles. The second-order valence-electron chi connectivity index (χ2n) is 5.42. The number of aromatic nitrogens is 5. The van der Waals surface area contributed by atoms with Gasteiger partial charge in [-0.15, -0.1) is 10.2 Å². The van der Waals surface area contributed by atoms with Crippen molar-refractivity contribution in [3.63, 3.8) is 0 Å². The molecule has 0 saturated carbocycles. The molecule has 4 aromatic rings. The molecule has 0 spiro atoms. The van der Waals surface area contributed by atoms with Crippen molar-refractivity contribution >= 4 is 11.8 Å². The zero-order valence-electron chi connectivity index (χ0n) is 13.7. The Bertz CT molecular complexity index is 962. The van der Waals surface area contributed by atoms with Crippen LogP contribution in [0.4, 0.5) is 0 Å². The summed E-state index contributed by atoms with van der Waals surface area (Å²) in [5.74, 6) is 2.48. The minimum Gasteiger partial charge on any atom is -0.461 e. The number of hydrogen-bond acceptors (Lipinski definition) is 7. The minimum absolute atomic E-state index is 0.0580. The van der Waals surface area contributed by atoms with E-state index in [0.717, 1.165) is 10.7 Å². The monoisotopic (exact) mass is 353 g/mol. The van der Waals surface area contributed by atoms with Crippen LogP contribution in [0.3, 0.4) is 0 Å². The molecule has 0 amide bonds. The Kier molecular flexibility index (Phi) is 4.10. The summed E-state index contributed by atoms with van der Waals surface area (Å²) in [6.07, 6.45) is 1.61. The Labute approximate surface area is 148 Å². The van der Waals surface area contributed by atoms with Crippen LogP contribution >= 0.6 is 11.8 Å². The molecule has 8 heteroatoms. The van der Waals surface area contributed by atoms with Crippen LogP contribution in [0, 0.1) is 0 Å². The van der Waals surface area contributed by atoms with Crippen molar-refractivity contribution in [3.05, 3.63) is 54.6 Å². The lowest BCUT2D eigenvalue weighted by Gasteiger charge is -2.05. The second kappa shape index (κ2) is 6.56. The number of thioether (sulfide) groups is 1. The van der Waals surface area contributed by atoms with Crippen molar-refractivity contribution < 1.29 is 8.94 Å². The van der Waals surface area contributed by atoms with Gasteiger partial charge >= 0.3 is 0 Å². The molecule has 0 N–H and O–H groups in total. The molecule has 1 aromatic carbocycles. The first-order valence-electron chi connectivity index (χ1n) is 7.71. The molecule has 1 unspecified atom stereocenters. The van der Waals surface area contributed by atoms with E-state index in [1.54, 1.807) is 6.26 Å². The van der Waals surface area contributed by atoms with E-state index in [1.165, 1.54) is 11.8 Å². The molecule has 0 fully saturated rings. The van der Waals surface area contributed by atoms with E-state index < -0.39 is 0 Å². The van der Waals surface area contributed by atoms with Gasteiger partial charge in [-0.05, 0) is 19.1 Å². The van der Waals surface area contributed by atoms with Gasteiger partial charge in [-0.25, -0.2) is 0 Å². The van der Waals surface area contributed by atoms with Gasteiger partial charge in [-0.1, -0.05) is 47.3 Å². The second-order valence-corrected chi connectivity index (χ2v) is 6.73. The Morgan fingerprint density at radius 3 is 2.68 bits per heavy atom. The van der Waals surface area contributed by atoms with Crippen LogP contribution in [0.25, 0.3) is 23.0 Å². The third kappa shape index (κ3) is 3.08.